The molecule has 0 spiro atoms. The number of methoxy groups -OCH3 is 2. The van der Waals surface area contributed by atoms with Gasteiger partial charge in [-0.25, -0.2) is 4.79 Å². The molecule has 0 aliphatic rings. The number of rotatable bonds is 4. The Labute approximate surface area is 106 Å². The van der Waals surface area contributed by atoms with E-state index in [0.717, 1.165) is 0 Å². The third-order valence-corrected chi connectivity index (χ3v) is 2.41. The zero-order valence-electron chi connectivity index (χ0n) is 9.89. The SMILES string of the molecule is COc1ccc(OC)c(C(C)(N)C(=O)O)c1.Cl. The van der Waals surface area contributed by atoms with Gasteiger partial charge in [0.1, 0.15) is 17.0 Å². The number of hydrogen-bond acceptors (Lipinski definition) is 4. The molecule has 1 aromatic rings. The van der Waals surface area contributed by atoms with Gasteiger partial charge in [0, 0.05) is 5.56 Å². The summed E-state index contributed by atoms with van der Waals surface area (Å²) < 4.78 is 10.1. The first-order chi connectivity index (χ1) is 7.43. The van der Waals surface area contributed by atoms with Crippen LogP contribution < -0.4 is 15.2 Å². The molecule has 1 rings (SSSR count). The topological polar surface area (TPSA) is 81.8 Å². The minimum Gasteiger partial charge on any atom is -0.497 e. The minimum absolute atomic E-state index is 0. The maximum atomic E-state index is 11.1. The van der Waals surface area contributed by atoms with Crippen LogP contribution in [0.4, 0.5) is 0 Å². The number of nitrogens with two attached hydrogens (primary N) is 1. The average Bonchev–Trinajstić information content (AvgIpc) is 2.27. The van der Waals surface area contributed by atoms with Gasteiger partial charge in [-0.05, 0) is 25.1 Å². The van der Waals surface area contributed by atoms with Crippen LogP contribution in [0.15, 0.2) is 18.2 Å². The number of carboxylic acids is 1. The van der Waals surface area contributed by atoms with Crippen LogP contribution >= 0.6 is 12.4 Å². The number of hydrogen-bond donors (Lipinski definition) is 2. The molecule has 17 heavy (non-hydrogen) atoms. The van der Waals surface area contributed by atoms with Crippen molar-refractivity contribution in [3.05, 3.63) is 23.8 Å². The molecule has 0 aliphatic carbocycles. The lowest BCUT2D eigenvalue weighted by Gasteiger charge is -2.22. The molecule has 1 aromatic carbocycles. The zero-order valence-corrected chi connectivity index (χ0v) is 10.7. The van der Waals surface area contributed by atoms with Gasteiger partial charge in [0.2, 0.25) is 0 Å². The normalized spacial score (nSPS) is 13.2. The third-order valence-electron chi connectivity index (χ3n) is 2.41. The molecule has 5 nitrogen and oxygen atoms in total. The van der Waals surface area contributed by atoms with Gasteiger partial charge >= 0.3 is 5.97 Å². The predicted molar refractivity (Wildman–Crippen MR) is 66.0 cm³/mol. The first kappa shape index (κ1) is 15.5. The lowest BCUT2D eigenvalue weighted by atomic mass is 9.92. The Morgan fingerprint density at radius 1 is 1.35 bits per heavy atom. The quantitative estimate of drug-likeness (QED) is 0.856. The van der Waals surface area contributed by atoms with E-state index in [2.05, 4.69) is 0 Å². The number of carbonyl (C=O) groups is 1. The fourth-order valence-corrected chi connectivity index (χ4v) is 1.34. The molecular formula is C11H16ClNO4. The van der Waals surface area contributed by atoms with E-state index in [-0.39, 0.29) is 12.4 Å². The van der Waals surface area contributed by atoms with Gasteiger partial charge in [-0.1, -0.05) is 0 Å². The van der Waals surface area contributed by atoms with Crippen molar-refractivity contribution in [1.29, 1.82) is 0 Å². The summed E-state index contributed by atoms with van der Waals surface area (Å²) in [7, 11) is 2.96. The molecule has 0 fully saturated rings. The van der Waals surface area contributed by atoms with E-state index in [9.17, 15) is 4.79 Å². The molecule has 0 heterocycles. The smallest absolute Gasteiger partial charge is 0.328 e. The molecule has 6 heteroatoms. The highest BCUT2D eigenvalue weighted by atomic mass is 35.5. The van der Waals surface area contributed by atoms with E-state index in [1.54, 1.807) is 18.2 Å². The molecule has 0 aliphatic heterocycles. The van der Waals surface area contributed by atoms with Crippen molar-refractivity contribution in [1.82, 2.24) is 0 Å². The van der Waals surface area contributed by atoms with Gasteiger partial charge in [0.15, 0.2) is 0 Å². The van der Waals surface area contributed by atoms with Gasteiger partial charge in [-0.2, -0.15) is 0 Å². The Hall–Kier alpha value is -1.46. The number of halogens is 1. The lowest BCUT2D eigenvalue weighted by molar-refractivity contribution is -0.143. The first-order valence-electron chi connectivity index (χ1n) is 4.68. The monoisotopic (exact) mass is 261 g/mol. The average molecular weight is 262 g/mol. The number of benzene rings is 1. The van der Waals surface area contributed by atoms with Crippen molar-refractivity contribution in [2.75, 3.05) is 14.2 Å². The van der Waals surface area contributed by atoms with Crippen molar-refractivity contribution in [3.8, 4) is 11.5 Å². The minimum atomic E-state index is -1.51. The highest BCUT2D eigenvalue weighted by Crippen LogP contribution is 2.31. The Morgan fingerprint density at radius 3 is 2.35 bits per heavy atom. The van der Waals surface area contributed by atoms with Crippen LogP contribution in [0.5, 0.6) is 11.5 Å². The Balaban J connectivity index is 0.00000256. The lowest BCUT2D eigenvalue weighted by Crippen LogP contribution is -2.42. The number of aliphatic carboxylic acids is 1. The maximum absolute atomic E-state index is 11.1. The van der Waals surface area contributed by atoms with Gasteiger partial charge in [-0.3, -0.25) is 0 Å². The second-order valence-corrected chi connectivity index (χ2v) is 3.57. The van der Waals surface area contributed by atoms with E-state index >= 15 is 0 Å². The van der Waals surface area contributed by atoms with E-state index in [1.807, 2.05) is 0 Å². The molecular weight excluding hydrogens is 246 g/mol. The van der Waals surface area contributed by atoms with Gasteiger partial charge in [0.05, 0.1) is 14.2 Å². The standard InChI is InChI=1S/C11H15NO4.ClH/c1-11(12,10(13)14)8-6-7(15-2)4-5-9(8)16-3;/h4-6H,12H2,1-3H3,(H,13,14);1H. The van der Waals surface area contributed by atoms with Crippen LogP contribution in [0.25, 0.3) is 0 Å². The van der Waals surface area contributed by atoms with Crippen LogP contribution in [0, 0.1) is 0 Å². The predicted octanol–water partition coefficient (Wildman–Crippen LogP) is 1.38. The molecule has 96 valence electrons. The van der Waals surface area contributed by atoms with Crippen LogP contribution in [-0.2, 0) is 10.3 Å². The molecule has 0 bridgehead atoms. The summed E-state index contributed by atoms with van der Waals surface area (Å²) in [6.07, 6.45) is 0. The van der Waals surface area contributed by atoms with Crippen molar-refractivity contribution in [3.63, 3.8) is 0 Å². The molecule has 0 amide bonds. The molecule has 1 atom stereocenters. The fourth-order valence-electron chi connectivity index (χ4n) is 1.34. The molecule has 0 saturated heterocycles. The molecule has 3 N–H and O–H groups in total. The molecule has 0 radical (unpaired) electrons. The molecule has 0 saturated carbocycles. The highest BCUT2D eigenvalue weighted by molar-refractivity contribution is 5.85. The number of ether oxygens (including phenoxy) is 2. The summed E-state index contributed by atoms with van der Waals surface area (Å²) in [5, 5.41) is 9.06. The van der Waals surface area contributed by atoms with Crippen molar-refractivity contribution < 1.29 is 19.4 Å². The van der Waals surface area contributed by atoms with E-state index in [1.165, 1.54) is 21.1 Å². The van der Waals surface area contributed by atoms with Crippen molar-refractivity contribution in [2.45, 2.75) is 12.5 Å². The summed E-state index contributed by atoms with van der Waals surface area (Å²) in [6.45, 7) is 1.41. The summed E-state index contributed by atoms with van der Waals surface area (Å²) in [6, 6.07) is 4.87. The summed E-state index contributed by atoms with van der Waals surface area (Å²) >= 11 is 0. The van der Waals surface area contributed by atoms with Crippen LogP contribution in [-0.4, -0.2) is 25.3 Å². The second-order valence-electron chi connectivity index (χ2n) is 3.57. The molecule has 1 unspecified atom stereocenters. The second kappa shape index (κ2) is 5.75. The molecule has 0 aromatic heterocycles. The number of carboxylic acid groups (broad SMARTS) is 1. The Morgan fingerprint density at radius 2 is 1.94 bits per heavy atom. The van der Waals surface area contributed by atoms with Crippen LogP contribution in [0.3, 0.4) is 0 Å². The van der Waals surface area contributed by atoms with E-state index in [4.69, 9.17) is 20.3 Å². The van der Waals surface area contributed by atoms with Gasteiger partial charge in [-0.15, -0.1) is 12.4 Å². The summed E-state index contributed by atoms with van der Waals surface area (Å²) in [5.74, 6) is -0.166. The van der Waals surface area contributed by atoms with E-state index < -0.39 is 11.5 Å². The Bertz CT molecular complexity index is 406. The first-order valence-corrected chi connectivity index (χ1v) is 4.68. The highest BCUT2D eigenvalue weighted by Gasteiger charge is 2.33. The largest absolute Gasteiger partial charge is 0.497 e. The van der Waals surface area contributed by atoms with E-state index in [0.29, 0.717) is 17.1 Å². The van der Waals surface area contributed by atoms with Crippen LogP contribution in [0.1, 0.15) is 12.5 Å². The Kier molecular flexibility index (Phi) is 5.25. The maximum Gasteiger partial charge on any atom is 0.328 e. The van der Waals surface area contributed by atoms with Crippen molar-refractivity contribution in [2.24, 2.45) is 5.73 Å². The van der Waals surface area contributed by atoms with Gasteiger partial charge in [0.25, 0.3) is 0 Å². The summed E-state index contributed by atoms with van der Waals surface area (Å²) in [5.41, 5.74) is 4.61. The van der Waals surface area contributed by atoms with Gasteiger partial charge < -0.3 is 20.3 Å². The zero-order chi connectivity index (χ0) is 12.3. The van der Waals surface area contributed by atoms with Crippen molar-refractivity contribution >= 4 is 18.4 Å². The fraction of sp³-hybridized carbons (Fsp3) is 0.364. The summed E-state index contributed by atoms with van der Waals surface area (Å²) in [4.78, 5) is 11.1. The van der Waals surface area contributed by atoms with Crippen LogP contribution in [0.2, 0.25) is 0 Å². The third kappa shape index (κ3) is 3.01.